The number of carbonyl (C=O) groups is 4. The molecule has 0 spiro atoms. The number of rotatable bonds is 16. The SMILES string of the molecule is CC(C)C(NC(=O)C(N)Cc1ccccc1)C(=O)NC(CCCCN)C(=O)NC(Cc1ccccc1)C(=O)O. The van der Waals surface area contributed by atoms with Crippen molar-refractivity contribution in [3.8, 4) is 0 Å². The zero-order chi connectivity index (χ0) is 28.8. The molecule has 8 N–H and O–H groups in total. The Balaban J connectivity index is 2.10. The highest BCUT2D eigenvalue weighted by Crippen LogP contribution is 2.09. The van der Waals surface area contributed by atoms with Crippen molar-refractivity contribution in [1.29, 1.82) is 0 Å². The predicted octanol–water partition coefficient (Wildman–Crippen LogP) is 1.12. The summed E-state index contributed by atoms with van der Waals surface area (Å²) in [7, 11) is 0. The van der Waals surface area contributed by atoms with E-state index in [-0.39, 0.29) is 18.8 Å². The minimum Gasteiger partial charge on any atom is -0.480 e. The second-order valence-electron chi connectivity index (χ2n) is 9.96. The molecule has 2 rings (SSSR count). The molecule has 0 aliphatic rings. The Kier molecular flexibility index (Phi) is 13.1. The number of amides is 3. The normalized spacial score (nSPS) is 14.1. The van der Waals surface area contributed by atoms with Gasteiger partial charge in [0.2, 0.25) is 17.7 Å². The third-order valence-electron chi connectivity index (χ3n) is 6.36. The van der Waals surface area contributed by atoms with Crippen LogP contribution in [0.25, 0.3) is 0 Å². The van der Waals surface area contributed by atoms with Crippen molar-refractivity contribution in [3.05, 3.63) is 71.8 Å². The highest BCUT2D eigenvalue weighted by molar-refractivity contribution is 5.94. The van der Waals surface area contributed by atoms with Crippen molar-refractivity contribution in [2.45, 2.75) is 70.1 Å². The van der Waals surface area contributed by atoms with Crippen LogP contribution in [0.15, 0.2) is 60.7 Å². The average Bonchev–Trinajstić information content (AvgIpc) is 2.91. The Hall–Kier alpha value is -3.76. The first kappa shape index (κ1) is 31.5. The maximum Gasteiger partial charge on any atom is 0.326 e. The van der Waals surface area contributed by atoms with E-state index in [0.717, 1.165) is 11.1 Å². The molecule has 39 heavy (non-hydrogen) atoms. The number of carbonyl (C=O) groups excluding carboxylic acids is 3. The van der Waals surface area contributed by atoms with E-state index in [9.17, 15) is 24.3 Å². The first-order chi connectivity index (χ1) is 18.6. The van der Waals surface area contributed by atoms with E-state index in [1.165, 1.54) is 0 Å². The molecule has 0 radical (unpaired) electrons. The number of unbranched alkanes of at least 4 members (excludes halogenated alkanes) is 1. The van der Waals surface area contributed by atoms with Crippen LogP contribution in [0.4, 0.5) is 0 Å². The van der Waals surface area contributed by atoms with E-state index < -0.39 is 47.9 Å². The smallest absolute Gasteiger partial charge is 0.326 e. The third-order valence-corrected chi connectivity index (χ3v) is 6.36. The molecule has 4 unspecified atom stereocenters. The number of benzene rings is 2. The van der Waals surface area contributed by atoms with Crippen LogP contribution in [0.5, 0.6) is 0 Å². The lowest BCUT2D eigenvalue weighted by Gasteiger charge is -2.27. The summed E-state index contributed by atoms with van der Waals surface area (Å²) in [5, 5.41) is 17.7. The number of carboxylic acid groups (broad SMARTS) is 1. The van der Waals surface area contributed by atoms with Crippen LogP contribution >= 0.6 is 0 Å². The fourth-order valence-electron chi connectivity index (χ4n) is 4.10. The van der Waals surface area contributed by atoms with Crippen molar-refractivity contribution in [2.24, 2.45) is 17.4 Å². The summed E-state index contributed by atoms with van der Waals surface area (Å²) in [5.41, 5.74) is 13.3. The second-order valence-corrected chi connectivity index (χ2v) is 9.96. The Morgan fingerprint density at radius 1 is 0.744 bits per heavy atom. The van der Waals surface area contributed by atoms with Gasteiger partial charge in [-0.3, -0.25) is 14.4 Å². The lowest BCUT2D eigenvalue weighted by Crippen LogP contribution is -2.58. The minimum absolute atomic E-state index is 0.0926. The zero-order valence-corrected chi connectivity index (χ0v) is 22.6. The Morgan fingerprint density at radius 2 is 1.28 bits per heavy atom. The fraction of sp³-hybridized carbons (Fsp3) is 0.448. The molecule has 2 aromatic rings. The zero-order valence-electron chi connectivity index (χ0n) is 22.6. The summed E-state index contributed by atoms with van der Waals surface area (Å²) in [6.45, 7) is 3.96. The first-order valence-electron chi connectivity index (χ1n) is 13.3. The van der Waals surface area contributed by atoms with E-state index in [1.807, 2.05) is 36.4 Å². The lowest BCUT2D eigenvalue weighted by molar-refractivity contribution is -0.142. The highest BCUT2D eigenvalue weighted by atomic mass is 16.4. The minimum atomic E-state index is -1.18. The van der Waals surface area contributed by atoms with Gasteiger partial charge in [-0.15, -0.1) is 0 Å². The van der Waals surface area contributed by atoms with Crippen LogP contribution in [0, 0.1) is 5.92 Å². The van der Waals surface area contributed by atoms with Gasteiger partial charge in [-0.05, 0) is 49.3 Å². The summed E-state index contributed by atoms with van der Waals surface area (Å²) in [4.78, 5) is 51.1. The quantitative estimate of drug-likeness (QED) is 0.173. The molecule has 10 heteroatoms. The second kappa shape index (κ2) is 16.3. The molecule has 0 aliphatic heterocycles. The van der Waals surface area contributed by atoms with Crippen LogP contribution in [0.2, 0.25) is 0 Å². The standard InChI is InChI=1S/C29H41N5O5/c1-19(2)25(34-26(35)22(31)17-20-11-5-3-6-12-20)28(37)32-23(15-9-10-16-30)27(36)33-24(29(38)39)18-21-13-7-4-8-14-21/h3-8,11-14,19,22-25H,9-10,15-18,30-31H2,1-2H3,(H,32,37)(H,33,36)(H,34,35)(H,38,39). The monoisotopic (exact) mass is 539 g/mol. The summed E-state index contributed by atoms with van der Waals surface area (Å²) >= 11 is 0. The summed E-state index contributed by atoms with van der Waals surface area (Å²) in [6.07, 6.45) is 1.84. The van der Waals surface area contributed by atoms with E-state index in [4.69, 9.17) is 11.5 Å². The number of carboxylic acids is 1. The van der Waals surface area contributed by atoms with Crippen LogP contribution < -0.4 is 27.4 Å². The van der Waals surface area contributed by atoms with E-state index in [2.05, 4.69) is 16.0 Å². The highest BCUT2D eigenvalue weighted by Gasteiger charge is 2.31. The molecule has 0 fully saturated rings. The molecule has 0 heterocycles. The molecular formula is C29H41N5O5. The van der Waals surface area contributed by atoms with Crippen LogP contribution in [-0.4, -0.2) is 59.5 Å². The van der Waals surface area contributed by atoms with Gasteiger partial charge in [0.25, 0.3) is 0 Å². The molecule has 3 amide bonds. The van der Waals surface area contributed by atoms with Crippen molar-refractivity contribution < 1.29 is 24.3 Å². The lowest BCUT2D eigenvalue weighted by atomic mass is 10.00. The van der Waals surface area contributed by atoms with Crippen LogP contribution in [0.1, 0.15) is 44.2 Å². The molecule has 0 aromatic heterocycles. The predicted molar refractivity (Wildman–Crippen MR) is 149 cm³/mol. The van der Waals surface area contributed by atoms with Gasteiger partial charge in [0.15, 0.2) is 0 Å². The number of nitrogens with one attached hydrogen (secondary N) is 3. The molecule has 10 nitrogen and oxygen atoms in total. The van der Waals surface area contributed by atoms with Gasteiger partial charge >= 0.3 is 5.97 Å². The average molecular weight is 540 g/mol. The van der Waals surface area contributed by atoms with Crippen LogP contribution in [0.3, 0.4) is 0 Å². The largest absolute Gasteiger partial charge is 0.480 e. The van der Waals surface area contributed by atoms with Gasteiger partial charge < -0.3 is 32.5 Å². The first-order valence-corrected chi connectivity index (χ1v) is 13.3. The summed E-state index contributed by atoms with van der Waals surface area (Å²) in [5.74, 6) is -3.12. The van der Waals surface area contributed by atoms with Crippen molar-refractivity contribution in [3.63, 3.8) is 0 Å². The van der Waals surface area contributed by atoms with Gasteiger partial charge in [-0.2, -0.15) is 0 Å². The van der Waals surface area contributed by atoms with Gasteiger partial charge in [0.1, 0.15) is 18.1 Å². The molecule has 212 valence electrons. The number of aliphatic carboxylic acids is 1. The van der Waals surface area contributed by atoms with Crippen molar-refractivity contribution >= 4 is 23.7 Å². The number of hydrogen-bond acceptors (Lipinski definition) is 6. The Labute approximate surface area is 229 Å². The Bertz CT molecular complexity index is 1060. The topological polar surface area (TPSA) is 177 Å². The molecule has 4 atom stereocenters. The van der Waals surface area contributed by atoms with Crippen molar-refractivity contribution in [2.75, 3.05) is 6.54 Å². The Morgan fingerprint density at radius 3 is 1.79 bits per heavy atom. The van der Waals surface area contributed by atoms with Gasteiger partial charge in [-0.1, -0.05) is 74.5 Å². The molecular weight excluding hydrogens is 498 g/mol. The molecule has 0 aliphatic carbocycles. The maximum atomic E-state index is 13.3. The molecule has 0 bridgehead atoms. The maximum absolute atomic E-state index is 13.3. The van der Waals surface area contributed by atoms with Gasteiger partial charge in [0, 0.05) is 6.42 Å². The van der Waals surface area contributed by atoms with Crippen LogP contribution in [-0.2, 0) is 32.0 Å². The fourth-order valence-corrected chi connectivity index (χ4v) is 4.10. The van der Waals surface area contributed by atoms with E-state index >= 15 is 0 Å². The number of hydrogen-bond donors (Lipinski definition) is 6. The number of nitrogens with two attached hydrogens (primary N) is 2. The third kappa shape index (κ3) is 10.9. The van der Waals surface area contributed by atoms with Crippen molar-refractivity contribution in [1.82, 2.24) is 16.0 Å². The van der Waals surface area contributed by atoms with Gasteiger partial charge in [-0.25, -0.2) is 4.79 Å². The molecule has 0 saturated carbocycles. The molecule has 2 aromatic carbocycles. The summed E-state index contributed by atoms with van der Waals surface area (Å²) in [6, 6.07) is 14.3. The molecule has 0 saturated heterocycles. The van der Waals surface area contributed by atoms with E-state index in [0.29, 0.717) is 25.8 Å². The summed E-state index contributed by atoms with van der Waals surface area (Å²) < 4.78 is 0. The van der Waals surface area contributed by atoms with Gasteiger partial charge in [0.05, 0.1) is 6.04 Å². The van der Waals surface area contributed by atoms with E-state index in [1.54, 1.807) is 38.1 Å².